The highest BCUT2D eigenvalue weighted by molar-refractivity contribution is 5.92. The quantitative estimate of drug-likeness (QED) is 0.759. The number of hydrogen-bond donors (Lipinski definition) is 2. The van der Waals surface area contributed by atoms with Gasteiger partial charge in [0.05, 0.1) is 0 Å². The molecule has 1 heterocycles. The Labute approximate surface area is 90.5 Å². The van der Waals surface area contributed by atoms with Gasteiger partial charge in [-0.2, -0.15) is 0 Å². The molecule has 84 valence electrons. The first-order valence-electron chi connectivity index (χ1n) is 5.35. The second kappa shape index (κ2) is 5.56. The van der Waals surface area contributed by atoms with Crippen LogP contribution in [0.1, 0.15) is 30.8 Å². The van der Waals surface area contributed by atoms with Crippen LogP contribution in [0.25, 0.3) is 0 Å². The molecule has 0 aliphatic carbocycles. The van der Waals surface area contributed by atoms with E-state index in [1.54, 1.807) is 0 Å². The van der Waals surface area contributed by atoms with Crippen LogP contribution in [0.5, 0.6) is 0 Å². The number of rotatable bonds is 5. The summed E-state index contributed by atoms with van der Waals surface area (Å²) in [5.74, 6) is -0.0496. The van der Waals surface area contributed by atoms with Gasteiger partial charge >= 0.3 is 0 Å². The minimum atomic E-state index is -0.0496. The van der Waals surface area contributed by atoms with Crippen LogP contribution in [0.3, 0.4) is 0 Å². The molecule has 1 amide bonds. The Hall–Kier alpha value is -1.29. The van der Waals surface area contributed by atoms with Crippen molar-refractivity contribution in [3.63, 3.8) is 0 Å². The molecule has 0 spiro atoms. The van der Waals surface area contributed by atoms with Crippen molar-refractivity contribution in [1.82, 2.24) is 9.88 Å². The molecule has 1 rings (SSSR count). The standard InChI is InChI=1S/C11H19N3O/c1-3-6-14-7-4-5-10(14)11(15)13-9(2)8-12/h4-5,7,9H,3,6,8,12H2,1-2H3,(H,13,15)/t9-/m1/s1. The molecule has 0 aromatic carbocycles. The average molecular weight is 209 g/mol. The van der Waals surface area contributed by atoms with E-state index in [4.69, 9.17) is 5.73 Å². The van der Waals surface area contributed by atoms with Gasteiger partial charge in [-0.3, -0.25) is 4.79 Å². The van der Waals surface area contributed by atoms with E-state index in [-0.39, 0.29) is 11.9 Å². The van der Waals surface area contributed by atoms with E-state index in [0.29, 0.717) is 12.2 Å². The molecule has 0 aliphatic heterocycles. The zero-order chi connectivity index (χ0) is 11.3. The van der Waals surface area contributed by atoms with E-state index in [1.165, 1.54) is 0 Å². The van der Waals surface area contributed by atoms with Crippen molar-refractivity contribution in [3.05, 3.63) is 24.0 Å². The molecule has 0 radical (unpaired) electrons. The van der Waals surface area contributed by atoms with Crippen LogP contribution in [-0.4, -0.2) is 23.1 Å². The molecule has 0 saturated heterocycles. The van der Waals surface area contributed by atoms with Gasteiger partial charge in [-0.05, 0) is 25.5 Å². The van der Waals surface area contributed by atoms with Crippen molar-refractivity contribution in [2.45, 2.75) is 32.9 Å². The predicted octanol–water partition coefficient (Wildman–Crippen LogP) is 0.975. The van der Waals surface area contributed by atoms with E-state index in [2.05, 4.69) is 12.2 Å². The minimum Gasteiger partial charge on any atom is -0.347 e. The molecule has 3 N–H and O–H groups in total. The fourth-order valence-corrected chi connectivity index (χ4v) is 1.41. The van der Waals surface area contributed by atoms with Gasteiger partial charge in [-0.15, -0.1) is 0 Å². The number of carbonyl (C=O) groups excluding carboxylic acids is 1. The average Bonchev–Trinajstić information content (AvgIpc) is 2.66. The van der Waals surface area contributed by atoms with Crippen molar-refractivity contribution in [1.29, 1.82) is 0 Å². The van der Waals surface area contributed by atoms with E-state index in [0.717, 1.165) is 13.0 Å². The van der Waals surface area contributed by atoms with Gasteiger partial charge in [0.2, 0.25) is 0 Å². The van der Waals surface area contributed by atoms with Crippen molar-refractivity contribution < 1.29 is 4.79 Å². The molecule has 4 heteroatoms. The number of aryl methyl sites for hydroxylation is 1. The largest absolute Gasteiger partial charge is 0.347 e. The van der Waals surface area contributed by atoms with Crippen molar-refractivity contribution in [3.8, 4) is 0 Å². The molecule has 1 aromatic heterocycles. The van der Waals surface area contributed by atoms with E-state index in [9.17, 15) is 4.79 Å². The lowest BCUT2D eigenvalue weighted by Crippen LogP contribution is -2.38. The molecule has 0 fully saturated rings. The summed E-state index contributed by atoms with van der Waals surface area (Å²) in [5.41, 5.74) is 6.15. The van der Waals surface area contributed by atoms with Crippen molar-refractivity contribution >= 4 is 5.91 Å². The van der Waals surface area contributed by atoms with E-state index in [1.807, 2.05) is 29.8 Å². The highest BCUT2D eigenvalue weighted by atomic mass is 16.2. The Balaban J connectivity index is 2.68. The van der Waals surface area contributed by atoms with Crippen LogP contribution in [0.2, 0.25) is 0 Å². The van der Waals surface area contributed by atoms with Gasteiger partial charge in [0.1, 0.15) is 5.69 Å². The first kappa shape index (κ1) is 11.8. The van der Waals surface area contributed by atoms with Gasteiger partial charge in [0.15, 0.2) is 0 Å². The molecule has 0 unspecified atom stereocenters. The SMILES string of the molecule is CCCn1cccc1C(=O)N[C@H](C)CN. The maximum absolute atomic E-state index is 11.8. The first-order chi connectivity index (χ1) is 7.19. The monoisotopic (exact) mass is 209 g/mol. The summed E-state index contributed by atoms with van der Waals surface area (Å²) < 4.78 is 1.96. The lowest BCUT2D eigenvalue weighted by atomic mass is 10.3. The van der Waals surface area contributed by atoms with Crippen LogP contribution in [0, 0.1) is 0 Å². The number of nitrogens with zero attached hydrogens (tertiary/aromatic N) is 1. The Morgan fingerprint density at radius 3 is 3.00 bits per heavy atom. The first-order valence-corrected chi connectivity index (χ1v) is 5.35. The van der Waals surface area contributed by atoms with Gasteiger partial charge in [0, 0.05) is 25.3 Å². The molecule has 0 bridgehead atoms. The summed E-state index contributed by atoms with van der Waals surface area (Å²) in [6, 6.07) is 3.73. The van der Waals surface area contributed by atoms with Crippen LogP contribution in [0.4, 0.5) is 0 Å². The predicted molar refractivity (Wildman–Crippen MR) is 60.7 cm³/mol. The number of nitrogens with two attached hydrogens (primary N) is 1. The number of carbonyl (C=O) groups is 1. The van der Waals surface area contributed by atoms with Crippen LogP contribution >= 0.6 is 0 Å². The van der Waals surface area contributed by atoms with Crippen molar-refractivity contribution in [2.24, 2.45) is 5.73 Å². The second-order valence-electron chi connectivity index (χ2n) is 3.70. The number of hydrogen-bond acceptors (Lipinski definition) is 2. The summed E-state index contributed by atoms with van der Waals surface area (Å²) in [6.45, 7) is 5.31. The molecule has 4 nitrogen and oxygen atoms in total. The summed E-state index contributed by atoms with van der Waals surface area (Å²) in [6.07, 6.45) is 2.94. The Morgan fingerprint density at radius 1 is 1.67 bits per heavy atom. The third-order valence-electron chi connectivity index (χ3n) is 2.26. The van der Waals surface area contributed by atoms with E-state index < -0.39 is 0 Å². The van der Waals surface area contributed by atoms with Crippen molar-refractivity contribution in [2.75, 3.05) is 6.54 Å². The molecule has 1 atom stereocenters. The maximum Gasteiger partial charge on any atom is 0.268 e. The lowest BCUT2D eigenvalue weighted by Gasteiger charge is -2.12. The Morgan fingerprint density at radius 2 is 2.40 bits per heavy atom. The van der Waals surface area contributed by atoms with Crippen LogP contribution in [-0.2, 0) is 6.54 Å². The Bertz CT molecular complexity index is 319. The molecular formula is C11H19N3O. The van der Waals surface area contributed by atoms with Crippen LogP contribution < -0.4 is 11.1 Å². The molecule has 1 aromatic rings. The normalized spacial score (nSPS) is 12.5. The van der Waals surface area contributed by atoms with Gasteiger partial charge < -0.3 is 15.6 Å². The van der Waals surface area contributed by atoms with E-state index >= 15 is 0 Å². The molecule has 0 saturated carbocycles. The lowest BCUT2D eigenvalue weighted by molar-refractivity contribution is 0.0932. The number of amides is 1. The van der Waals surface area contributed by atoms with Gasteiger partial charge in [0.25, 0.3) is 5.91 Å². The topological polar surface area (TPSA) is 60.0 Å². The maximum atomic E-state index is 11.8. The highest BCUT2D eigenvalue weighted by Gasteiger charge is 2.11. The highest BCUT2D eigenvalue weighted by Crippen LogP contribution is 2.03. The zero-order valence-electron chi connectivity index (χ0n) is 9.36. The smallest absolute Gasteiger partial charge is 0.268 e. The molecular weight excluding hydrogens is 190 g/mol. The van der Waals surface area contributed by atoms with Gasteiger partial charge in [-0.25, -0.2) is 0 Å². The second-order valence-corrected chi connectivity index (χ2v) is 3.70. The third-order valence-corrected chi connectivity index (χ3v) is 2.26. The summed E-state index contributed by atoms with van der Waals surface area (Å²) in [4.78, 5) is 11.8. The fraction of sp³-hybridized carbons (Fsp3) is 0.545. The molecule has 0 aliphatic rings. The summed E-state index contributed by atoms with van der Waals surface area (Å²) >= 11 is 0. The number of aromatic nitrogens is 1. The Kier molecular flexibility index (Phi) is 4.37. The summed E-state index contributed by atoms with van der Waals surface area (Å²) in [7, 11) is 0. The summed E-state index contributed by atoms with van der Waals surface area (Å²) in [5, 5.41) is 2.85. The van der Waals surface area contributed by atoms with Crippen LogP contribution in [0.15, 0.2) is 18.3 Å². The van der Waals surface area contributed by atoms with Gasteiger partial charge in [-0.1, -0.05) is 6.92 Å². The molecule has 15 heavy (non-hydrogen) atoms. The zero-order valence-corrected chi connectivity index (χ0v) is 9.36. The minimum absolute atomic E-state index is 0.0162. The fourth-order valence-electron chi connectivity index (χ4n) is 1.41. The number of nitrogens with one attached hydrogen (secondary N) is 1. The third kappa shape index (κ3) is 3.09.